The Bertz CT molecular complexity index is 1260. The molecule has 0 amide bonds. The van der Waals surface area contributed by atoms with Crippen LogP contribution in [0, 0.1) is 23.7 Å². The Hall–Kier alpha value is -3.43. The molecule has 2 aromatic carbocycles. The second-order valence-electron chi connectivity index (χ2n) is 11.4. The summed E-state index contributed by atoms with van der Waals surface area (Å²) >= 11 is 0. The van der Waals surface area contributed by atoms with E-state index in [1.807, 2.05) is 0 Å². The number of methoxy groups -OCH3 is 3. The number of ether oxygens (including phenoxy) is 7. The van der Waals surface area contributed by atoms with E-state index in [1.54, 1.807) is 36.4 Å². The van der Waals surface area contributed by atoms with Gasteiger partial charge in [0.25, 0.3) is 0 Å². The first kappa shape index (κ1) is 29.1. The zero-order chi connectivity index (χ0) is 29.3. The van der Waals surface area contributed by atoms with Crippen molar-refractivity contribution in [3.05, 3.63) is 47.0 Å². The maximum atomic E-state index is 13.5. The SMILES string of the molecule is COc1cc(/C=C2\C(=O)O[C@@H](O[C@@H]3C[C@H](C)CC[C@H]3C(C)C)[C@@H]2C(O)c2ccc3c(c2)OCO3)cc(OC)c1OC. The van der Waals surface area contributed by atoms with E-state index in [9.17, 15) is 9.90 Å². The summed E-state index contributed by atoms with van der Waals surface area (Å²) in [4.78, 5) is 13.5. The molecule has 2 aromatic rings. The number of aliphatic hydroxyl groups excluding tert-OH is 1. The lowest BCUT2D eigenvalue weighted by Gasteiger charge is -2.39. The van der Waals surface area contributed by atoms with Crippen LogP contribution in [0.5, 0.6) is 28.7 Å². The molecule has 0 bridgehead atoms. The normalized spacial score (nSPS) is 27.2. The molecule has 0 spiro atoms. The molecule has 9 heteroatoms. The topological polar surface area (TPSA) is 102 Å². The van der Waals surface area contributed by atoms with Crippen LogP contribution in [0.2, 0.25) is 0 Å². The van der Waals surface area contributed by atoms with Gasteiger partial charge in [-0.2, -0.15) is 0 Å². The van der Waals surface area contributed by atoms with Crippen LogP contribution >= 0.6 is 0 Å². The Morgan fingerprint density at radius 2 is 1.68 bits per heavy atom. The Morgan fingerprint density at radius 3 is 2.34 bits per heavy atom. The molecule has 2 aliphatic heterocycles. The van der Waals surface area contributed by atoms with Crippen LogP contribution < -0.4 is 23.7 Å². The highest BCUT2D eigenvalue weighted by molar-refractivity contribution is 5.96. The molecule has 1 unspecified atom stereocenters. The largest absolute Gasteiger partial charge is 0.493 e. The van der Waals surface area contributed by atoms with Crippen LogP contribution in [0.4, 0.5) is 0 Å². The maximum Gasteiger partial charge on any atom is 0.337 e. The van der Waals surface area contributed by atoms with Crippen molar-refractivity contribution in [1.29, 1.82) is 0 Å². The average Bonchev–Trinajstić information content (AvgIpc) is 3.55. The van der Waals surface area contributed by atoms with E-state index in [1.165, 1.54) is 21.3 Å². The van der Waals surface area contributed by atoms with E-state index in [0.717, 1.165) is 19.3 Å². The van der Waals surface area contributed by atoms with Gasteiger partial charge in [-0.1, -0.05) is 33.3 Å². The molecular weight excluding hydrogens is 528 g/mol. The summed E-state index contributed by atoms with van der Waals surface area (Å²) in [6.07, 6.45) is 2.58. The summed E-state index contributed by atoms with van der Waals surface area (Å²) in [6.45, 7) is 6.75. The standard InChI is InChI=1S/C32H40O9/c1-17(2)21-9-7-18(3)11-24(21)40-32-28(29(33)20-8-10-23-25(15-20)39-16-38-23)22(31(34)41-32)12-19-13-26(35-4)30(37-6)27(14-19)36-5/h8,10,12-15,17-18,21,24,28-29,32-33H,7,9,11,16H2,1-6H3/b22-12-/t18-,21+,24-,28+,29?,32-/m1/s1. The third-order valence-electron chi connectivity index (χ3n) is 8.47. The fraction of sp³-hybridized carbons (Fsp3) is 0.531. The Kier molecular flexibility index (Phi) is 8.66. The molecule has 1 aliphatic carbocycles. The summed E-state index contributed by atoms with van der Waals surface area (Å²) < 4.78 is 40.0. The van der Waals surface area contributed by atoms with Crippen molar-refractivity contribution in [2.24, 2.45) is 23.7 Å². The van der Waals surface area contributed by atoms with Crippen LogP contribution in [0.25, 0.3) is 6.08 Å². The van der Waals surface area contributed by atoms with Gasteiger partial charge >= 0.3 is 5.97 Å². The van der Waals surface area contributed by atoms with E-state index in [4.69, 9.17) is 33.2 Å². The number of aliphatic hydroxyl groups is 1. The maximum absolute atomic E-state index is 13.5. The van der Waals surface area contributed by atoms with Crippen LogP contribution in [-0.4, -0.2) is 51.6 Å². The Morgan fingerprint density at radius 1 is 0.976 bits per heavy atom. The molecule has 0 radical (unpaired) electrons. The van der Waals surface area contributed by atoms with E-state index in [2.05, 4.69) is 20.8 Å². The van der Waals surface area contributed by atoms with Crippen molar-refractivity contribution in [3.8, 4) is 28.7 Å². The molecule has 3 aliphatic rings. The molecule has 2 fully saturated rings. The predicted molar refractivity (Wildman–Crippen MR) is 151 cm³/mol. The lowest BCUT2D eigenvalue weighted by atomic mass is 9.75. The van der Waals surface area contributed by atoms with E-state index in [0.29, 0.717) is 63.2 Å². The number of benzene rings is 2. The molecular formula is C32H40O9. The summed E-state index contributed by atoms with van der Waals surface area (Å²) in [7, 11) is 4.60. The van der Waals surface area contributed by atoms with Gasteiger partial charge < -0.3 is 38.3 Å². The highest BCUT2D eigenvalue weighted by Gasteiger charge is 2.48. The van der Waals surface area contributed by atoms with Gasteiger partial charge in [-0.15, -0.1) is 0 Å². The van der Waals surface area contributed by atoms with Crippen molar-refractivity contribution < 1.29 is 43.1 Å². The number of fused-ring (bicyclic) bond motifs is 1. The van der Waals surface area contributed by atoms with Gasteiger partial charge in [0, 0.05) is 0 Å². The zero-order valence-corrected chi connectivity index (χ0v) is 24.5. The van der Waals surface area contributed by atoms with Crippen LogP contribution in [0.1, 0.15) is 57.3 Å². The summed E-state index contributed by atoms with van der Waals surface area (Å²) in [5.74, 6) is 2.38. The fourth-order valence-corrected chi connectivity index (χ4v) is 6.23. The summed E-state index contributed by atoms with van der Waals surface area (Å²) in [6, 6.07) is 8.77. The van der Waals surface area contributed by atoms with Crippen molar-refractivity contribution in [1.82, 2.24) is 0 Å². The lowest BCUT2D eigenvalue weighted by Crippen LogP contribution is -2.39. The third kappa shape index (κ3) is 5.83. The molecule has 2 heterocycles. The van der Waals surface area contributed by atoms with Crippen molar-refractivity contribution in [3.63, 3.8) is 0 Å². The minimum absolute atomic E-state index is 0.0940. The number of rotatable bonds is 9. The molecule has 0 aromatic heterocycles. The van der Waals surface area contributed by atoms with Crippen LogP contribution in [0.3, 0.4) is 0 Å². The first-order valence-electron chi connectivity index (χ1n) is 14.2. The van der Waals surface area contributed by atoms with Gasteiger partial charge in [0.05, 0.1) is 45.0 Å². The quantitative estimate of drug-likeness (QED) is 0.309. The first-order chi connectivity index (χ1) is 19.7. The number of carbonyl (C=O) groups is 1. The van der Waals surface area contributed by atoms with Gasteiger partial charge in [0.15, 0.2) is 23.0 Å². The first-order valence-corrected chi connectivity index (χ1v) is 14.2. The molecule has 1 saturated carbocycles. The number of esters is 1. The number of cyclic esters (lactones) is 1. The zero-order valence-electron chi connectivity index (χ0n) is 24.5. The van der Waals surface area contributed by atoms with Gasteiger partial charge in [0.1, 0.15) is 0 Å². The Labute approximate surface area is 241 Å². The third-order valence-corrected chi connectivity index (χ3v) is 8.47. The highest BCUT2D eigenvalue weighted by atomic mass is 16.7. The van der Waals surface area contributed by atoms with Crippen molar-refractivity contribution in [2.75, 3.05) is 28.1 Å². The van der Waals surface area contributed by atoms with Crippen molar-refractivity contribution >= 4 is 12.0 Å². The number of carbonyl (C=O) groups excluding carboxylic acids is 1. The van der Waals surface area contributed by atoms with Crippen LogP contribution in [0.15, 0.2) is 35.9 Å². The number of hydrogen-bond donors (Lipinski definition) is 1. The molecule has 9 nitrogen and oxygen atoms in total. The monoisotopic (exact) mass is 568 g/mol. The second-order valence-corrected chi connectivity index (χ2v) is 11.4. The van der Waals surface area contributed by atoms with Gasteiger partial charge in [-0.25, -0.2) is 4.79 Å². The molecule has 41 heavy (non-hydrogen) atoms. The summed E-state index contributed by atoms with van der Waals surface area (Å²) in [5.41, 5.74) is 1.49. The molecule has 222 valence electrons. The fourth-order valence-electron chi connectivity index (χ4n) is 6.23. The molecule has 6 atom stereocenters. The van der Waals surface area contributed by atoms with E-state index >= 15 is 0 Å². The van der Waals surface area contributed by atoms with Crippen molar-refractivity contribution in [2.45, 2.75) is 58.5 Å². The highest BCUT2D eigenvalue weighted by Crippen LogP contribution is 2.46. The molecule has 5 rings (SSSR count). The smallest absolute Gasteiger partial charge is 0.337 e. The molecule has 1 saturated heterocycles. The van der Waals surface area contributed by atoms with E-state index in [-0.39, 0.29) is 12.9 Å². The van der Waals surface area contributed by atoms with Gasteiger partial charge in [-0.05, 0) is 72.1 Å². The minimum Gasteiger partial charge on any atom is -0.493 e. The predicted octanol–water partition coefficient (Wildman–Crippen LogP) is 5.53. The molecule has 1 N–H and O–H groups in total. The summed E-state index contributed by atoms with van der Waals surface area (Å²) in [5, 5.41) is 11.8. The Balaban J connectivity index is 1.55. The van der Waals surface area contributed by atoms with Crippen LogP contribution in [-0.2, 0) is 14.3 Å². The van der Waals surface area contributed by atoms with Gasteiger partial charge in [-0.3, -0.25) is 0 Å². The second kappa shape index (κ2) is 12.2. The number of hydrogen-bond acceptors (Lipinski definition) is 9. The minimum atomic E-state index is -1.12. The lowest BCUT2D eigenvalue weighted by molar-refractivity contribution is -0.203. The average molecular weight is 569 g/mol. The van der Waals surface area contributed by atoms with Gasteiger partial charge in [0.2, 0.25) is 18.8 Å². The van der Waals surface area contributed by atoms with E-state index < -0.39 is 24.3 Å².